The first-order valence-corrected chi connectivity index (χ1v) is 13.3. The molecule has 13 nitrogen and oxygen atoms in total. The van der Waals surface area contributed by atoms with Crippen molar-refractivity contribution in [3.05, 3.63) is 54.0 Å². The molecule has 1 aromatic carbocycles. The van der Waals surface area contributed by atoms with Crippen molar-refractivity contribution >= 4 is 28.5 Å². The highest BCUT2D eigenvalue weighted by molar-refractivity contribution is 7.90. The number of carbonyl (C=O) groups is 1. The maximum atomic E-state index is 13.4. The molecular weight excluding hydrogens is 526 g/mol. The number of nitrogens with zero attached hydrogens (tertiary/aromatic N) is 6. The molecule has 0 aliphatic heterocycles. The second-order valence-electron chi connectivity index (χ2n) is 8.09. The molecule has 2 heterocycles. The number of sulfonamides is 1. The molecule has 0 bridgehead atoms. The Labute approximate surface area is 226 Å². The van der Waals surface area contributed by atoms with Crippen molar-refractivity contribution in [2.45, 2.75) is 20.8 Å². The number of ether oxygens (including phenoxy) is 3. The van der Waals surface area contributed by atoms with E-state index in [1.165, 1.54) is 25.0 Å². The molecule has 0 fully saturated rings. The minimum absolute atomic E-state index is 0.0954. The van der Waals surface area contributed by atoms with Crippen LogP contribution in [0.4, 0.5) is 0 Å². The van der Waals surface area contributed by atoms with Crippen LogP contribution in [-0.2, 0) is 10.0 Å². The number of pyridine rings is 1. The molecule has 0 aliphatic rings. The van der Waals surface area contributed by atoms with E-state index in [1.54, 1.807) is 50.2 Å². The van der Waals surface area contributed by atoms with Gasteiger partial charge in [-0.2, -0.15) is 0 Å². The third-order valence-electron chi connectivity index (χ3n) is 4.96. The van der Waals surface area contributed by atoms with Crippen LogP contribution in [0.1, 0.15) is 31.4 Å². The second-order valence-corrected chi connectivity index (χ2v) is 9.81. The Morgan fingerprint density at radius 3 is 2.36 bits per heavy atom. The zero-order valence-electron chi connectivity index (χ0n) is 22.2. The maximum Gasteiger partial charge on any atom is 0.303 e. The molecule has 0 aliphatic carbocycles. The number of methoxy groups -OCH3 is 2. The van der Waals surface area contributed by atoms with Gasteiger partial charge in [0, 0.05) is 12.3 Å². The highest BCUT2D eigenvalue weighted by Gasteiger charge is 2.29. The van der Waals surface area contributed by atoms with Gasteiger partial charge in [-0.3, -0.25) is 9.36 Å². The number of aromatic nitrogens is 4. The lowest BCUT2D eigenvalue weighted by atomic mass is 10.2. The lowest BCUT2D eigenvalue weighted by Crippen LogP contribution is -2.36. The number of benzene rings is 1. The van der Waals surface area contributed by atoms with Crippen molar-refractivity contribution in [2.75, 3.05) is 26.6 Å². The molecule has 0 saturated carbocycles. The molecule has 0 unspecified atom stereocenters. The van der Waals surface area contributed by atoms with Gasteiger partial charge in [0.25, 0.3) is 0 Å². The van der Waals surface area contributed by atoms with Gasteiger partial charge in [0.05, 0.1) is 20.8 Å². The van der Waals surface area contributed by atoms with Crippen molar-refractivity contribution in [3.63, 3.8) is 0 Å². The van der Waals surface area contributed by atoms with Gasteiger partial charge in [0.15, 0.2) is 5.82 Å². The predicted octanol–water partition coefficient (Wildman–Crippen LogP) is 2.83. The van der Waals surface area contributed by atoms with Crippen LogP contribution in [0.15, 0.2) is 58.2 Å². The largest absolute Gasteiger partial charge is 0.494 e. The smallest absolute Gasteiger partial charge is 0.303 e. The summed E-state index contributed by atoms with van der Waals surface area (Å²) in [5.74, 6) is -1.17. The summed E-state index contributed by atoms with van der Waals surface area (Å²) >= 11 is 0. The van der Waals surface area contributed by atoms with E-state index in [4.69, 9.17) is 14.2 Å². The van der Waals surface area contributed by atoms with E-state index in [-0.39, 0.29) is 23.2 Å². The summed E-state index contributed by atoms with van der Waals surface area (Å²) < 4.78 is 45.6. The van der Waals surface area contributed by atoms with E-state index in [0.717, 1.165) is 5.57 Å². The Morgan fingerprint density at radius 2 is 1.77 bits per heavy atom. The number of amidine groups is 1. The van der Waals surface area contributed by atoms with Crippen molar-refractivity contribution in [2.24, 2.45) is 9.98 Å². The summed E-state index contributed by atoms with van der Waals surface area (Å²) in [6, 6.07) is 9.99. The summed E-state index contributed by atoms with van der Waals surface area (Å²) in [7, 11) is -1.38. The van der Waals surface area contributed by atoms with Gasteiger partial charge in [0.2, 0.25) is 21.7 Å². The molecule has 2 aromatic heterocycles. The van der Waals surface area contributed by atoms with Crippen LogP contribution >= 0.6 is 0 Å². The fraction of sp³-hybridized carbons (Fsp3) is 0.280. The molecule has 0 spiro atoms. The van der Waals surface area contributed by atoms with Gasteiger partial charge in [-0.25, -0.2) is 28.1 Å². The van der Waals surface area contributed by atoms with Gasteiger partial charge in [-0.15, -0.1) is 10.2 Å². The number of aliphatic imine (C=N–C) groups is 2. The topological polar surface area (TPSA) is 159 Å². The molecule has 1 N–H and O–H groups in total. The Kier molecular flexibility index (Phi) is 9.49. The number of hydrogen-bond donors (Lipinski definition) is 1. The van der Waals surface area contributed by atoms with Crippen LogP contribution in [0.5, 0.6) is 17.4 Å². The van der Waals surface area contributed by atoms with Crippen molar-refractivity contribution < 1.29 is 27.4 Å². The predicted molar refractivity (Wildman–Crippen MR) is 147 cm³/mol. The third kappa shape index (κ3) is 7.04. The SMILES string of the molecule is C=N/C(CS(=O)(=O)NC(=O)c1nnc(-c2cccc(OCC)n2)n1-c1c(OC)cccc1OC)=N\C=C(C)C. The number of hydrogen-bond acceptors (Lipinski definition) is 10. The summed E-state index contributed by atoms with van der Waals surface area (Å²) in [5.41, 5.74) is 1.38. The molecule has 3 rings (SSSR count). The van der Waals surface area contributed by atoms with E-state index >= 15 is 0 Å². The van der Waals surface area contributed by atoms with Gasteiger partial charge in [0.1, 0.15) is 34.5 Å². The van der Waals surface area contributed by atoms with Gasteiger partial charge < -0.3 is 14.2 Å². The zero-order chi connectivity index (χ0) is 28.6. The second kappa shape index (κ2) is 12.8. The first-order valence-electron chi connectivity index (χ1n) is 11.6. The van der Waals surface area contributed by atoms with E-state index in [1.807, 2.05) is 11.6 Å². The monoisotopic (exact) mass is 555 g/mol. The number of nitrogens with one attached hydrogen (secondary N) is 1. The third-order valence-corrected chi connectivity index (χ3v) is 6.09. The first kappa shape index (κ1) is 29.0. The van der Waals surface area contributed by atoms with E-state index in [2.05, 4.69) is 31.9 Å². The molecule has 39 heavy (non-hydrogen) atoms. The maximum absolute atomic E-state index is 13.4. The fourth-order valence-electron chi connectivity index (χ4n) is 3.35. The zero-order valence-corrected chi connectivity index (χ0v) is 23.0. The van der Waals surface area contributed by atoms with Crippen LogP contribution in [0.2, 0.25) is 0 Å². The highest BCUT2D eigenvalue weighted by atomic mass is 32.2. The molecule has 0 saturated heterocycles. The molecular formula is C25H29N7O6S. The van der Waals surface area contributed by atoms with Crippen LogP contribution < -0.4 is 18.9 Å². The minimum Gasteiger partial charge on any atom is -0.494 e. The normalized spacial score (nSPS) is 11.5. The lowest BCUT2D eigenvalue weighted by Gasteiger charge is -2.17. The number of amides is 1. The molecule has 206 valence electrons. The Balaban J connectivity index is 2.15. The summed E-state index contributed by atoms with van der Waals surface area (Å²) in [6.07, 6.45) is 1.45. The molecule has 0 atom stereocenters. The number of rotatable bonds is 11. The average Bonchev–Trinajstić information content (AvgIpc) is 3.35. The molecule has 14 heteroatoms. The Bertz CT molecular complexity index is 1500. The van der Waals surface area contributed by atoms with Gasteiger partial charge >= 0.3 is 5.91 Å². The molecule has 0 radical (unpaired) electrons. The standard InChI is InChI=1S/C25H29N7O6S/c1-7-38-21-13-8-10-17(28-21)23-29-30-24(32(23)22-18(36-5)11-9-12-19(22)37-6)25(33)31-39(34,35)15-20(26-4)27-14-16(2)3/h8-14H,4,7,15H2,1-3,5-6H3,(H,31,33)/b27-20-. The fourth-order valence-corrected chi connectivity index (χ4v) is 4.30. The van der Waals surface area contributed by atoms with Crippen LogP contribution in [0.25, 0.3) is 17.2 Å². The number of carbonyl (C=O) groups excluding carboxylic acids is 1. The van der Waals surface area contributed by atoms with Crippen molar-refractivity contribution in [3.8, 4) is 34.6 Å². The first-order chi connectivity index (χ1) is 18.6. The van der Waals surface area contributed by atoms with E-state index < -0.39 is 21.7 Å². The number of para-hydroxylation sites is 1. The minimum atomic E-state index is -4.26. The highest BCUT2D eigenvalue weighted by Crippen LogP contribution is 2.36. The Morgan fingerprint density at radius 1 is 1.10 bits per heavy atom. The van der Waals surface area contributed by atoms with Crippen molar-refractivity contribution in [1.29, 1.82) is 0 Å². The van der Waals surface area contributed by atoms with E-state index in [9.17, 15) is 13.2 Å². The quantitative estimate of drug-likeness (QED) is 0.277. The number of allylic oxidation sites excluding steroid dienone is 1. The summed E-state index contributed by atoms with van der Waals surface area (Å²) in [6.45, 7) is 9.13. The molecule has 1 amide bonds. The molecule has 3 aromatic rings. The van der Waals surface area contributed by atoms with E-state index in [0.29, 0.717) is 29.7 Å². The van der Waals surface area contributed by atoms with Gasteiger partial charge in [-0.05, 0) is 45.7 Å². The van der Waals surface area contributed by atoms with Crippen molar-refractivity contribution in [1.82, 2.24) is 24.5 Å². The Hall–Kier alpha value is -4.59. The lowest BCUT2D eigenvalue weighted by molar-refractivity contribution is 0.0969. The van der Waals surface area contributed by atoms with Crippen LogP contribution in [0, 0.1) is 0 Å². The summed E-state index contributed by atoms with van der Waals surface area (Å²) in [4.78, 5) is 25.4. The van der Waals surface area contributed by atoms with Crippen LogP contribution in [0.3, 0.4) is 0 Å². The van der Waals surface area contributed by atoms with Gasteiger partial charge in [-0.1, -0.05) is 17.7 Å². The average molecular weight is 556 g/mol. The van der Waals surface area contributed by atoms with Crippen LogP contribution in [-0.4, -0.2) is 73.2 Å². The summed E-state index contributed by atoms with van der Waals surface area (Å²) in [5, 5.41) is 8.17.